The Morgan fingerprint density at radius 3 is 2.47 bits per heavy atom. The van der Waals surface area contributed by atoms with Crippen molar-refractivity contribution in [2.75, 3.05) is 0 Å². The number of hydrogen-bond donors (Lipinski definition) is 1. The summed E-state index contributed by atoms with van der Waals surface area (Å²) in [5.74, 6) is 0. The van der Waals surface area contributed by atoms with Crippen LogP contribution in [0.15, 0.2) is 18.2 Å². The monoisotopic (exact) mass is 236 g/mol. The Morgan fingerprint density at radius 2 is 2.00 bits per heavy atom. The highest BCUT2D eigenvalue weighted by Gasteiger charge is 2.24. The van der Waals surface area contributed by atoms with Crippen molar-refractivity contribution < 1.29 is 4.92 Å². The summed E-state index contributed by atoms with van der Waals surface area (Å²) in [5, 5.41) is 10.9. The minimum absolute atomic E-state index is 0.0579. The summed E-state index contributed by atoms with van der Waals surface area (Å²) in [6.45, 7) is 8.05. The molecule has 0 fully saturated rings. The van der Waals surface area contributed by atoms with E-state index in [1.165, 1.54) is 0 Å². The van der Waals surface area contributed by atoms with E-state index in [0.29, 0.717) is 6.42 Å². The maximum Gasteiger partial charge on any atom is 0.272 e. The molecule has 1 aromatic rings. The lowest BCUT2D eigenvalue weighted by Crippen LogP contribution is -2.37. The molecular weight excluding hydrogens is 216 g/mol. The highest BCUT2D eigenvalue weighted by Crippen LogP contribution is 2.26. The van der Waals surface area contributed by atoms with Gasteiger partial charge in [-0.3, -0.25) is 10.1 Å². The quantitative estimate of drug-likeness (QED) is 0.648. The summed E-state index contributed by atoms with van der Waals surface area (Å²) >= 11 is 0. The van der Waals surface area contributed by atoms with Crippen LogP contribution < -0.4 is 5.73 Å². The van der Waals surface area contributed by atoms with Crippen molar-refractivity contribution in [2.45, 2.75) is 40.2 Å². The van der Waals surface area contributed by atoms with E-state index in [2.05, 4.69) is 0 Å². The number of hydrogen-bond acceptors (Lipinski definition) is 3. The highest BCUT2D eigenvalue weighted by atomic mass is 16.6. The van der Waals surface area contributed by atoms with E-state index in [4.69, 9.17) is 5.73 Å². The highest BCUT2D eigenvalue weighted by molar-refractivity contribution is 5.43. The fourth-order valence-electron chi connectivity index (χ4n) is 1.60. The summed E-state index contributed by atoms with van der Waals surface area (Å²) in [6, 6.07) is 5.07. The summed E-state index contributed by atoms with van der Waals surface area (Å²) in [7, 11) is 0. The van der Waals surface area contributed by atoms with Gasteiger partial charge in [-0.05, 0) is 24.8 Å². The second kappa shape index (κ2) is 4.84. The second-order valence-electron chi connectivity index (χ2n) is 5.57. The zero-order chi connectivity index (χ0) is 13.2. The predicted octanol–water partition coefficient (Wildman–Crippen LogP) is 2.82. The Balaban J connectivity index is 3.04. The van der Waals surface area contributed by atoms with Gasteiger partial charge in [0, 0.05) is 17.7 Å². The third-order valence-corrected chi connectivity index (χ3v) is 2.98. The number of rotatable bonds is 3. The van der Waals surface area contributed by atoms with Gasteiger partial charge in [-0.2, -0.15) is 0 Å². The normalized spacial score (nSPS) is 13.5. The molecule has 1 rings (SSSR count). The molecule has 0 radical (unpaired) electrons. The van der Waals surface area contributed by atoms with E-state index in [1.54, 1.807) is 12.1 Å². The number of nitro benzene ring substituents is 1. The van der Waals surface area contributed by atoms with Crippen molar-refractivity contribution in [3.8, 4) is 0 Å². The van der Waals surface area contributed by atoms with E-state index < -0.39 is 0 Å². The van der Waals surface area contributed by atoms with E-state index >= 15 is 0 Å². The van der Waals surface area contributed by atoms with Crippen LogP contribution >= 0.6 is 0 Å². The van der Waals surface area contributed by atoms with Gasteiger partial charge in [-0.1, -0.05) is 32.4 Å². The predicted molar refractivity (Wildman–Crippen MR) is 69.0 cm³/mol. The summed E-state index contributed by atoms with van der Waals surface area (Å²) in [4.78, 5) is 10.6. The van der Waals surface area contributed by atoms with Gasteiger partial charge >= 0.3 is 0 Å². The van der Waals surface area contributed by atoms with Gasteiger partial charge in [-0.15, -0.1) is 0 Å². The number of nitrogens with two attached hydrogens (primary N) is 1. The first-order valence-electron chi connectivity index (χ1n) is 5.71. The molecule has 1 atom stereocenters. The van der Waals surface area contributed by atoms with Crippen LogP contribution in [-0.2, 0) is 6.42 Å². The van der Waals surface area contributed by atoms with Gasteiger partial charge in [0.25, 0.3) is 5.69 Å². The fraction of sp³-hybridized carbons (Fsp3) is 0.538. The molecule has 2 N–H and O–H groups in total. The molecule has 0 bridgehead atoms. The molecule has 0 aliphatic rings. The minimum Gasteiger partial charge on any atom is -0.327 e. The van der Waals surface area contributed by atoms with E-state index in [-0.39, 0.29) is 22.1 Å². The first kappa shape index (κ1) is 13.6. The second-order valence-corrected chi connectivity index (χ2v) is 5.57. The van der Waals surface area contributed by atoms with Crippen LogP contribution in [0.2, 0.25) is 0 Å². The summed E-state index contributed by atoms with van der Waals surface area (Å²) in [6.07, 6.45) is 0.529. The largest absolute Gasteiger partial charge is 0.327 e. The van der Waals surface area contributed by atoms with Crippen LogP contribution in [0.5, 0.6) is 0 Å². The molecule has 94 valence electrons. The molecular formula is C13H20N2O2. The van der Waals surface area contributed by atoms with Crippen LogP contribution in [0, 0.1) is 22.5 Å². The third kappa shape index (κ3) is 3.53. The lowest BCUT2D eigenvalue weighted by Gasteiger charge is -2.27. The van der Waals surface area contributed by atoms with Crippen LogP contribution in [-0.4, -0.2) is 11.0 Å². The molecule has 0 heterocycles. The Kier molecular flexibility index (Phi) is 3.88. The maximum absolute atomic E-state index is 10.9. The van der Waals surface area contributed by atoms with E-state index in [1.807, 2.05) is 33.8 Å². The molecule has 0 aromatic heterocycles. The lowest BCUT2D eigenvalue weighted by molar-refractivity contribution is -0.385. The molecule has 1 unspecified atom stereocenters. The van der Waals surface area contributed by atoms with Gasteiger partial charge in [0.1, 0.15) is 0 Å². The van der Waals surface area contributed by atoms with Crippen molar-refractivity contribution >= 4 is 5.69 Å². The van der Waals surface area contributed by atoms with Crippen molar-refractivity contribution in [3.05, 3.63) is 39.4 Å². The molecule has 0 saturated carbocycles. The maximum atomic E-state index is 10.9. The summed E-state index contributed by atoms with van der Waals surface area (Å²) < 4.78 is 0. The van der Waals surface area contributed by atoms with E-state index in [0.717, 1.165) is 11.1 Å². The third-order valence-electron chi connectivity index (χ3n) is 2.98. The van der Waals surface area contributed by atoms with Crippen LogP contribution in [0.25, 0.3) is 0 Å². The Hall–Kier alpha value is -1.42. The first-order chi connectivity index (χ1) is 7.71. The smallest absolute Gasteiger partial charge is 0.272 e. The van der Waals surface area contributed by atoms with Gasteiger partial charge in [0.15, 0.2) is 0 Å². The van der Waals surface area contributed by atoms with Gasteiger partial charge < -0.3 is 5.73 Å². The molecule has 4 heteroatoms. The molecule has 1 aromatic carbocycles. The van der Waals surface area contributed by atoms with E-state index in [9.17, 15) is 10.1 Å². The summed E-state index contributed by atoms with van der Waals surface area (Å²) in [5.41, 5.74) is 7.92. The molecule has 0 aliphatic heterocycles. The first-order valence-corrected chi connectivity index (χ1v) is 5.71. The van der Waals surface area contributed by atoms with Crippen LogP contribution in [0.1, 0.15) is 31.9 Å². The molecule has 0 aliphatic carbocycles. The minimum atomic E-state index is -0.343. The molecule has 0 saturated heterocycles. The molecule has 4 nitrogen and oxygen atoms in total. The number of nitro groups is 1. The molecule has 0 amide bonds. The van der Waals surface area contributed by atoms with Crippen molar-refractivity contribution in [3.63, 3.8) is 0 Å². The van der Waals surface area contributed by atoms with Crippen LogP contribution in [0.4, 0.5) is 5.69 Å². The lowest BCUT2D eigenvalue weighted by atomic mass is 9.83. The fourth-order valence-corrected chi connectivity index (χ4v) is 1.60. The Bertz CT molecular complexity index is 422. The Labute approximate surface area is 102 Å². The zero-order valence-corrected chi connectivity index (χ0v) is 10.9. The van der Waals surface area contributed by atoms with Crippen molar-refractivity contribution in [1.29, 1.82) is 0 Å². The van der Waals surface area contributed by atoms with Gasteiger partial charge in [0.2, 0.25) is 0 Å². The zero-order valence-electron chi connectivity index (χ0n) is 10.9. The van der Waals surface area contributed by atoms with Crippen molar-refractivity contribution in [1.82, 2.24) is 0 Å². The average Bonchev–Trinajstić information content (AvgIpc) is 2.15. The van der Waals surface area contributed by atoms with Crippen molar-refractivity contribution in [2.24, 2.45) is 11.1 Å². The molecule has 0 spiro atoms. The average molecular weight is 236 g/mol. The van der Waals surface area contributed by atoms with Gasteiger partial charge in [0.05, 0.1) is 4.92 Å². The number of aryl methyl sites for hydroxylation is 1. The number of benzene rings is 1. The SMILES string of the molecule is Cc1ccc([N+](=O)[O-])c(CC(N)C(C)(C)C)c1. The Morgan fingerprint density at radius 1 is 1.41 bits per heavy atom. The number of nitrogens with zero attached hydrogens (tertiary/aromatic N) is 1. The van der Waals surface area contributed by atoms with Crippen LogP contribution in [0.3, 0.4) is 0 Å². The standard InChI is InChI=1S/C13H20N2O2/c1-9-5-6-11(15(16)17)10(7-9)8-12(14)13(2,3)4/h5-7,12H,8,14H2,1-4H3. The topological polar surface area (TPSA) is 69.2 Å². The van der Waals surface area contributed by atoms with Gasteiger partial charge in [-0.25, -0.2) is 0 Å². The molecule has 17 heavy (non-hydrogen) atoms.